The summed E-state index contributed by atoms with van der Waals surface area (Å²) in [5.41, 5.74) is 1.04. The van der Waals surface area contributed by atoms with Gasteiger partial charge in [0.2, 0.25) is 5.78 Å². The lowest BCUT2D eigenvalue weighted by Gasteiger charge is -2.14. The molecule has 4 nitrogen and oxygen atoms in total. The van der Waals surface area contributed by atoms with Crippen LogP contribution in [-0.4, -0.2) is 22.4 Å². The summed E-state index contributed by atoms with van der Waals surface area (Å²) in [6, 6.07) is 8.12. The zero-order valence-corrected chi connectivity index (χ0v) is 13.5. The fourth-order valence-corrected chi connectivity index (χ4v) is 2.60. The predicted molar refractivity (Wildman–Crippen MR) is 88.6 cm³/mol. The third-order valence-corrected chi connectivity index (χ3v) is 3.71. The van der Waals surface area contributed by atoms with Crippen molar-refractivity contribution in [3.05, 3.63) is 65.7 Å². The lowest BCUT2D eigenvalue weighted by atomic mass is 10.0. The maximum atomic E-state index is 13.1. The number of nitrogens with one attached hydrogen (secondary N) is 1. The fraction of sp³-hybridized carbons (Fsp3) is 0.235. The number of benzene rings is 1. The van der Waals surface area contributed by atoms with E-state index in [4.69, 9.17) is 12.2 Å². The number of nitrogens with zero attached hydrogens (tertiary/aromatic N) is 1. The van der Waals surface area contributed by atoms with Gasteiger partial charge in [-0.05, 0) is 37.3 Å². The lowest BCUT2D eigenvalue weighted by molar-refractivity contribution is -0.692. The number of carbonyl (C=O) groups excluding carboxylic acids is 1. The Morgan fingerprint density at radius 3 is 2.65 bits per heavy atom. The largest absolute Gasteiger partial charge is 0.391 e. The van der Waals surface area contributed by atoms with Gasteiger partial charge in [0.25, 0.3) is 6.04 Å². The van der Waals surface area contributed by atoms with Crippen molar-refractivity contribution < 1.29 is 18.9 Å². The fourth-order valence-electron chi connectivity index (χ4n) is 2.23. The van der Waals surface area contributed by atoms with E-state index in [0.29, 0.717) is 22.7 Å². The van der Waals surface area contributed by atoms with Gasteiger partial charge < -0.3 is 10.4 Å². The van der Waals surface area contributed by atoms with Gasteiger partial charge in [-0.2, -0.15) is 4.57 Å². The van der Waals surface area contributed by atoms with E-state index >= 15 is 0 Å². The van der Waals surface area contributed by atoms with Crippen LogP contribution in [0.4, 0.5) is 4.39 Å². The van der Waals surface area contributed by atoms with Crippen molar-refractivity contribution in [1.82, 2.24) is 5.32 Å². The molecule has 0 saturated heterocycles. The second-order valence-electron chi connectivity index (χ2n) is 4.99. The van der Waals surface area contributed by atoms with Crippen molar-refractivity contribution in [3.63, 3.8) is 0 Å². The standard InChI is InChI=1S/C17H17FN2O2S/c1-2-19-17(23)15(20-9-3-4-12(10-20)11-21)16(22)13-5-7-14(18)8-6-13/h3-10,15,21H,2,11H2,1H3/p+1. The molecule has 2 N–H and O–H groups in total. The molecule has 2 rings (SSSR count). The van der Waals surface area contributed by atoms with E-state index in [1.165, 1.54) is 24.3 Å². The summed E-state index contributed by atoms with van der Waals surface area (Å²) >= 11 is 5.35. The number of halogens is 1. The molecule has 1 heterocycles. The van der Waals surface area contributed by atoms with Gasteiger partial charge in [-0.3, -0.25) is 4.79 Å². The third-order valence-electron chi connectivity index (χ3n) is 3.34. The molecule has 0 fully saturated rings. The highest BCUT2D eigenvalue weighted by molar-refractivity contribution is 7.80. The molecular weight excluding hydrogens is 315 g/mol. The first-order valence-corrected chi connectivity index (χ1v) is 7.65. The number of ketones is 1. The molecule has 2 aromatic rings. The number of thiocarbonyl (C=S) groups is 1. The Kier molecular flexibility index (Phi) is 5.90. The Balaban J connectivity index is 2.42. The van der Waals surface area contributed by atoms with E-state index in [2.05, 4.69) is 5.32 Å². The molecule has 0 radical (unpaired) electrons. The van der Waals surface area contributed by atoms with Crippen LogP contribution in [0.5, 0.6) is 0 Å². The highest BCUT2D eigenvalue weighted by atomic mass is 32.1. The van der Waals surface area contributed by atoms with Crippen molar-refractivity contribution in [2.45, 2.75) is 19.6 Å². The molecule has 1 unspecified atom stereocenters. The minimum absolute atomic E-state index is 0.133. The van der Waals surface area contributed by atoms with E-state index < -0.39 is 11.9 Å². The second-order valence-corrected chi connectivity index (χ2v) is 5.43. The predicted octanol–water partition coefficient (Wildman–Crippen LogP) is 1.97. The van der Waals surface area contributed by atoms with E-state index in [0.717, 1.165) is 0 Å². The molecule has 1 aromatic carbocycles. The smallest absolute Gasteiger partial charge is 0.270 e. The Labute approximate surface area is 139 Å². The number of pyridine rings is 1. The topological polar surface area (TPSA) is 53.2 Å². The van der Waals surface area contributed by atoms with Crippen LogP contribution in [0.25, 0.3) is 0 Å². The third kappa shape index (κ3) is 4.18. The van der Waals surface area contributed by atoms with E-state index in [-0.39, 0.29) is 12.4 Å². The summed E-state index contributed by atoms with van der Waals surface area (Å²) in [6.45, 7) is 2.35. The van der Waals surface area contributed by atoms with Crippen LogP contribution < -0.4 is 9.88 Å². The van der Waals surface area contributed by atoms with Crippen LogP contribution in [-0.2, 0) is 6.61 Å². The molecule has 0 aliphatic rings. The lowest BCUT2D eigenvalue weighted by Crippen LogP contribution is -2.51. The minimum Gasteiger partial charge on any atom is -0.391 e. The highest BCUT2D eigenvalue weighted by Gasteiger charge is 2.33. The first-order chi connectivity index (χ1) is 11.1. The van der Waals surface area contributed by atoms with Crippen molar-refractivity contribution in [2.75, 3.05) is 6.54 Å². The van der Waals surface area contributed by atoms with Gasteiger partial charge in [0.15, 0.2) is 17.4 Å². The second kappa shape index (κ2) is 7.89. The first kappa shape index (κ1) is 17.2. The summed E-state index contributed by atoms with van der Waals surface area (Å²) in [7, 11) is 0. The molecule has 0 spiro atoms. The average molecular weight is 333 g/mol. The summed E-state index contributed by atoms with van der Waals surface area (Å²) in [5, 5.41) is 12.3. The SMILES string of the molecule is CCNC(=S)C(C(=O)c1ccc(F)cc1)[n+]1cccc(CO)c1. The number of hydrogen-bond acceptors (Lipinski definition) is 3. The highest BCUT2D eigenvalue weighted by Crippen LogP contribution is 2.12. The van der Waals surface area contributed by atoms with Crippen molar-refractivity contribution >= 4 is 23.0 Å². The van der Waals surface area contributed by atoms with Gasteiger partial charge >= 0.3 is 0 Å². The van der Waals surface area contributed by atoms with Gasteiger partial charge in [0.1, 0.15) is 5.82 Å². The quantitative estimate of drug-likeness (QED) is 0.482. The van der Waals surface area contributed by atoms with Crippen LogP contribution in [0.2, 0.25) is 0 Å². The summed E-state index contributed by atoms with van der Waals surface area (Å²) in [4.78, 5) is 13.2. The Bertz CT molecular complexity index is 704. The number of aliphatic hydroxyl groups excluding tert-OH is 1. The molecule has 6 heteroatoms. The number of likely N-dealkylation sites (N-methyl/N-ethyl adjacent to an activating group) is 1. The van der Waals surface area contributed by atoms with E-state index in [1.54, 1.807) is 29.1 Å². The van der Waals surface area contributed by atoms with Crippen LogP contribution in [0.15, 0.2) is 48.8 Å². The van der Waals surface area contributed by atoms with E-state index in [9.17, 15) is 14.3 Å². The van der Waals surface area contributed by atoms with Crippen LogP contribution in [0.3, 0.4) is 0 Å². The molecule has 0 aliphatic heterocycles. The molecule has 0 bridgehead atoms. The monoisotopic (exact) mass is 333 g/mol. The molecule has 0 amide bonds. The van der Waals surface area contributed by atoms with Gasteiger partial charge in [-0.25, -0.2) is 4.39 Å². The van der Waals surface area contributed by atoms with E-state index in [1.807, 2.05) is 6.92 Å². The Morgan fingerprint density at radius 1 is 1.35 bits per heavy atom. The Morgan fingerprint density at radius 2 is 2.04 bits per heavy atom. The maximum absolute atomic E-state index is 13.1. The summed E-state index contributed by atoms with van der Waals surface area (Å²) < 4.78 is 14.7. The van der Waals surface area contributed by atoms with Crippen molar-refractivity contribution in [3.8, 4) is 0 Å². The maximum Gasteiger partial charge on any atom is 0.270 e. The van der Waals surface area contributed by atoms with Crippen LogP contribution in [0.1, 0.15) is 28.9 Å². The molecule has 0 saturated carbocycles. The van der Waals surface area contributed by atoms with Gasteiger partial charge in [-0.1, -0.05) is 12.2 Å². The molecule has 23 heavy (non-hydrogen) atoms. The Hall–Kier alpha value is -2.18. The zero-order chi connectivity index (χ0) is 16.8. The average Bonchev–Trinajstić information content (AvgIpc) is 2.56. The molecule has 1 atom stereocenters. The molecule has 1 aromatic heterocycles. The first-order valence-electron chi connectivity index (χ1n) is 7.25. The zero-order valence-electron chi connectivity index (χ0n) is 12.7. The molecule has 120 valence electrons. The van der Waals surface area contributed by atoms with Crippen LogP contribution in [0, 0.1) is 5.82 Å². The number of aliphatic hydroxyl groups is 1. The number of hydrogen-bond donors (Lipinski definition) is 2. The number of carbonyl (C=O) groups is 1. The van der Waals surface area contributed by atoms with Gasteiger partial charge in [0, 0.05) is 23.7 Å². The number of aromatic nitrogens is 1. The van der Waals surface area contributed by atoms with Gasteiger partial charge in [0.05, 0.1) is 6.61 Å². The molecule has 0 aliphatic carbocycles. The normalized spacial score (nSPS) is 11.8. The summed E-state index contributed by atoms with van der Waals surface area (Å²) in [5.74, 6) is -0.640. The summed E-state index contributed by atoms with van der Waals surface area (Å²) in [6.07, 6.45) is 3.39. The molecular formula is C17H18FN2O2S+. The van der Waals surface area contributed by atoms with Crippen molar-refractivity contribution in [2.24, 2.45) is 0 Å². The van der Waals surface area contributed by atoms with Crippen molar-refractivity contribution in [1.29, 1.82) is 0 Å². The van der Waals surface area contributed by atoms with Gasteiger partial charge in [-0.15, -0.1) is 0 Å². The number of Topliss-reactive ketones (excluding diaryl/α,β-unsaturated/α-hetero) is 1. The van der Waals surface area contributed by atoms with Crippen LogP contribution >= 0.6 is 12.2 Å². The number of rotatable bonds is 6. The minimum atomic E-state index is -0.748.